The maximum atomic E-state index is 12.9. The molecular formula is C9H8FNO2. The third-order valence-electron chi connectivity index (χ3n) is 1.70. The van der Waals surface area contributed by atoms with Gasteiger partial charge in [0.15, 0.2) is 0 Å². The zero-order chi connectivity index (χ0) is 9.84. The molecule has 0 atom stereocenters. The van der Waals surface area contributed by atoms with Crippen molar-refractivity contribution in [3.05, 3.63) is 35.1 Å². The van der Waals surface area contributed by atoms with Crippen LogP contribution in [0.25, 0.3) is 0 Å². The summed E-state index contributed by atoms with van der Waals surface area (Å²) < 4.78 is 12.9. The van der Waals surface area contributed by atoms with E-state index in [1.165, 1.54) is 25.1 Å². The smallest absolute Gasteiger partial charge is 0.257 e. The van der Waals surface area contributed by atoms with E-state index in [0.717, 1.165) is 0 Å². The molecule has 13 heavy (non-hydrogen) atoms. The molecule has 0 spiro atoms. The van der Waals surface area contributed by atoms with Crippen molar-refractivity contribution in [2.45, 2.75) is 6.92 Å². The fourth-order valence-electron chi connectivity index (χ4n) is 0.985. The highest BCUT2D eigenvalue weighted by molar-refractivity contribution is 6.00. The van der Waals surface area contributed by atoms with E-state index in [-0.39, 0.29) is 17.5 Å². The second kappa shape index (κ2) is 3.80. The Kier molecular flexibility index (Phi) is 2.74. The number of imide groups is 1. The van der Waals surface area contributed by atoms with Gasteiger partial charge in [0.2, 0.25) is 6.41 Å². The fraction of sp³-hybridized carbons (Fsp3) is 0.111. The van der Waals surface area contributed by atoms with Crippen molar-refractivity contribution in [1.29, 1.82) is 0 Å². The predicted octanol–water partition coefficient (Wildman–Crippen LogP) is 1.02. The van der Waals surface area contributed by atoms with Crippen LogP contribution in [0.1, 0.15) is 15.9 Å². The number of hydrogen-bond acceptors (Lipinski definition) is 2. The van der Waals surface area contributed by atoms with Crippen molar-refractivity contribution in [2.24, 2.45) is 0 Å². The Bertz CT molecular complexity index is 349. The van der Waals surface area contributed by atoms with Gasteiger partial charge in [0.25, 0.3) is 5.91 Å². The molecule has 0 fully saturated rings. The molecule has 2 amide bonds. The first-order chi connectivity index (χ1) is 6.16. The van der Waals surface area contributed by atoms with Gasteiger partial charge in [-0.15, -0.1) is 0 Å². The van der Waals surface area contributed by atoms with Crippen molar-refractivity contribution in [1.82, 2.24) is 5.32 Å². The van der Waals surface area contributed by atoms with E-state index in [2.05, 4.69) is 0 Å². The van der Waals surface area contributed by atoms with Crippen molar-refractivity contribution in [2.75, 3.05) is 0 Å². The van der Waals surface area contributed by atoms with Crippen molar-refractivity contribution < 1.29 is 14.0 Å². The van der Waals surface area contributed by atoms with Crippen LogP contribution in [0.5, 0.6) is 0 Å². The monoisotopic (exact) mass is 181 g/mol. The van der Waals surface area contributed by atoms with Crippen molar-refractivity contribution in [3.8, 4) is 0 Å². The highest BCUT2D eigenvalue weighted by atomic mass is 19.1. The molecule has 0 aliphatic rings. The van der Waals surface area contributed by atoms with Gasteiger partial charge in [0.05, 0.1) is 0 Å². The molecule has 0 unspecified atom stereocenters. The molecule has 0 radical (unpaired) electrons. The van der Waals surface area contributed by atoms with Crippen LogP contribution in [-0.2, 0) is 4.79 Å². The molecule has 4 heteroatoms. The molecular weight excluding hydrogens is 173 g/mol. The van der Waals surface area contributed by atoms with Crippen molar-refractivity contribution in [3.63, 3.8) is 0 Å². The number of benzene rings is 1. The third-order valence-corrected chi connectivity index (χ3v) is 1.70. The third kappa shape index (κ3) is 1.90. The molecule has 0 saturated heterocycles. The Hall–Kier alpha value is -1.71. The Morgan fingerprint density at radius 1 is 1.54 bits per heavy atom. The van der Waals surface area contributed by atoms with Crippen LogP contribution in [0.2, 0.25) is 0 Å². The van der Waals surface area contributed by atoms with Gasteiger partial charge < -0.3 is 0 Å². The summed E-state index contributed by atoms with van der Waals surface area (Å²) in [7, 11) is 0. The molecule has 0 bridgehead atoms. The second-order valence-electron chi connectivity index (χ2n) is 2.50. The first kappa shape index (κ1) is 9.38. The minimum atomic E-state index is -0.591. The van der Waals surface area contributed by atoms with E-state index in [4.69, 9.17) is 0 Å². The van der Waals surface area contributed by atoms with Gasteiger partial charge >= 0.3 is 0 Å². The van der Waals surface area contributed by atoms with Crippen LogP contribution in [0, 0.1) is 12.7 Å². The maximum absolute atomic E-state index is 12.9. The Morgan fingerprint density at radius 3 is 2.85 bits per heavy atom. The lowest BCUT2D eigenvalue weighted by atomic mass is 10.1. The fourth-order valence-corrected chi connectivity index (χ4v) is 0.985. The lowest BCUT2D eigenvalue weighted by Gasteiger charge is -2.03. The van der Waals surface area contributed by atoms with Gasteiger partial charge in [-0.1, -0.05) is 6.07 Å². The first-order valence-corrected chi connectivity index (χ1v) is 3.66. The Labute approximate surface area is 74.6 Å². The molecule has 1 rings (SSSR count). The topological polar surface area (TPSA) is 46.2 Å². The summed E-state index contributed by atoms with van der Waals surface area (Å²) in [6, 6.07) is 4.13. The van der Waals surface area contributed by atoms with Gasteiger partial charge in [0.1, 0.15) is 5.82 Å². The molecule has 1 N–H and O–H groups in total. The number of hydrogen-bond donors (Lipinski definition) is 1. The number of rotatable bonds is 2. The highest BCUT2D eigenvalue weighted by Gasteiger charge is 2.10. The Balaban J connectivity index is 3.07. The summed E-state index contributed by atoms with van der Waals surface area (Å²) in [6.07, 6.45) is 0.271. The van der Waals surface area contributed by atoms with E-state index in [1.807, 2.05) is 5.32 Å². The van der Waals surface area contributed by atoms with Crippen LogP contribution in [0.4, 0.5) is 4.39 Å². The maximum Gasteiger partial charge on any atom is 0.257 e. The number of nitrogens with one attached hydrogen (secondary N) is 1. The van der Waals surface area contributed by atoms with Gasteiger partial charge in [-0.05, 0) is 24.6 Å². The summed E-state index contributed by atoms with van der Waals surface area (Å²) in [6.45, 7) is 1.48. The largest absolute Gasteiger partial charge is 0.295 e. The van der Waals surface area contributed by atoms with E-state index in [9.17, 15) is 14.0 Å². The summed E-state index contributed by atoms with van der Waals surface area (Å²) in [5.41, 5.74) is 0.411. The zero-order valence-corrected chi connectivity index (χ0v) is 7.00. The van der Waals surface area contributed by atoms with Crippen LogP contribution in [-0.4, -0.2) is 12.3 Å². The summed E-state index contributed by atoms with van der Waals surface area (Å²) >= 11 is 0. The van der Waals surface area contributed by atoms with Crippen LogP contribution in [0.3, 0.4) is 0 Å². The average Bonchev–Trinajstić information content (AvgIpc) is 2.10. The molecule has 68 valence electrons. The highest BCUT2D eigenvalue weighted by Crippen LogP contribution is 2.11. The van der Waals surface area contributed by atoms with E-state index >= 15 is 0 Å². The predicted molar refractivity (Wildman–Crippen MR) is 44.7 cm³/mol. The number of carbonyl (C=O) groups excluding carboxylic acids is 2. The SMILES string of the molecule is Cc1c(F)cccc1C(=O)NC=O. The zero-order valence-electron chi connectivity index (χ0n) is 7.00. The molecule has 0 saturated carbocycles. The normalized spacial score (nSPS) is 9.38. The van der Waals surface area contributed by atoms with Gasteiger partial charge in [0, 0.05) is 5.56 Å². The minimum Gasteiger partial charge on any atom is -0.295 e. The molecule has 0 aromatic heterocycles. The second-order valence-corrected chi connectivity index (χ2v) is 2.50. The van der Waals surface area contributed by atoms with E-state index in [1.54, 1.807) is 0 Å². The molecule has 3 nitrogen and oxygen atoms in total. The van der Waals surface area contributed by atoms with E-state index < -0.39 is 11.7 Å². The van der Waals surface area contributed by atoms with Gasteiger partial charge in [-0.2, -0.15) is 0 Å². The lowest BCUT2D eigenvalue weighted by molar-refractivity contribution is -0.108. The summed E-state index contributed by atoms with van der Waals surface area (Å²) in [5.74, 6) is -1.05. The molecule has 1 aromatic rings. The first-order valence-electron chi connectivity index (χ1n) is 3.66. The number of amides is 2. The average molecular weight is 181 g/mol. The Morgan fingerprint density at radius 2 is 2.23 bits per heavy atom. The van der Waals surface area contributed by atoms with Gasteiger partial charge in [-0.3, -0.25) is 14.9 Å². The molecule has 0 aliphatic heterocycles. The summed E-state index contributed by atoms with van der Waals surface area (Å²) in [5, 5.41) is 1.94. The minimum absolute atomic E-state index is 0.173. The standard InChI is InChI=1S/C9H8FNO2/c1-6-7(9(13)11-5-12)3-2-4-8(6)10/h2-5H,1H3,(H,11,12,13). The number of halogens is 1. The van der Waals surface area contributed by atoms with Crippen LogP contribution < -0.4 is 5.32 Å². The van der Waals surface area contributed by atoms with Crippen LogP contribution in [0.15, 0.2) is 18.2 Å². The number of carbonyl (C=O) groups is 2. The van der Waals surface area contributed by atoms with Gasteiger partial charge in [-0.25, -0.2) is 4.39 Å². The van der Waals surface area contributed by atoms with Crippen LogP contribution >= 0.6 is 0 Å². The molecule has 1 aromatic carbocycles. The molecule has 0 aliphatic carbocycles. The lowest BCUT2D eigenvalue weighted by Crippen LogP contribution is -2.22. The van der Waals surface area contributed by atoms with E-state index in [0.29, 0.717) is 0 Å². The summed E-state index contributed by atoms with van der Waals surface area (Å²) in [4.78, 5) is 21.1. The van der Waals surface area contributed by atoms with Crippen molar-refractivity contribution >= 4 is 12.3 Å². The quantitative estimate of drug-likeness (QED) is 0.692. The molecule has 0 heterocycles.